The fourth-order valence-corrected chi connectivity index (χ4v) is 2.01. The number of amides is 1. The number of H-pyrrole nitrogens is 1. The van der Waals surface area contributed by atoms with Crippen molar-refractivity contribution in [1.82, 2.24) is 30.9 Å². The van der Waals surface area contributed by atoms with E-state index in [4.69, 9.17) is 0 Å². The van der Waals surface area contributed by atoms with Crippen LogP contribution in [0.5, 0.6) is 0 Å². The first-order valence-corrected chi connectivity index (χ1v) is 6.36. The van der Waals surface area contributed by atoms with Gasteiger partial charge in [0.2, 0.25) is 0 Å². The summed E-state index contributed by atoms with van der Waals surface area (Å²) in [5.41, 5.74) is 1.95. The van der Waals surface area contributed by atoms with Crippen molar-refractivity contribution in [2.24, 2.45) is 0 Å². The van der Waals surface area contributed by atoms with Crippen LogP contribution in [-0.4, -0.2) is 38.6 Å². The second kappa shape index (κ2) is 5.53. The van der Waals surface area contributed by atoms with E-state index in [1.807, 2.05) is 31.3 Å². The summed E-state index contributed by atoms with van der Waals surface area (Å²) in [5, 5.41) is 20.0. The molecular weight excluding hydrogens is 270 g/mol. The quantitative estimate of drug-likeness (QED) is 0.651. The lowest BCUT2D eigenvalue weighted by molar-refractivity contribution is 0.0945. The van der Waals surface area contributed by atoms with Gasteiger partial charge in [-0.05, 0) is 12.1 Å². The minimum atomic E-state index is -0.290. The van der Waals surface area contributed by atoms with Crippen LogP contribution in [0.1, 0.15) is 16.3 Å². The van der Waals surface area contributed by atoms with Crippen molar-refractivity contribution in [3.8, 4) is 0 Å². The van der Waals surface area contributed by atoms with Gasteiger partial charge in [-0.15, -0.1) is 10.2 Å². The lowest BCUT2D eigenvalue weighted by Gasteiger charge is -2.09. The molecule has 0 aliphatic rings. The second-order valence-electron chi connectivity index (χ2n) is 4.33. The third-order valence-corrected chi connectivity index (χ3v) is 3.01. The number of benzene rings is 1. The Labute approximate surface area is 120 Å². The van der Waals surface area contributed by atoms with Crippen LogP contribution in [0, 0.1) is 0 Å². The standard InChI is InChI=1S/C13H13N7O/c1-14-10-6-11(16-9-5-3-2-4-8(9)10)13(21)15-7-12-17-19-20-18-12/h2-6H,7H2,1H3,(H,14,16)(H,15,21)(H,17,18,19,20). The Morgan fingerprint density at radius 1 is 1.33 bits per heavy atom. The number of nitrogens with zero attached hydrogens (tertiary/aromatic N) is 4. The summed E-state index contributed by atoms with van der Waals surface area (Å²) in [4.78, 5) is 16.5. The van der Waals surface area contributed by atoms with E-state index in [1.165, 1.54) is 0 Å². The predicted octanol–water partition coefficient (Wildman–Crippen LogP) is 0.720. The van der Waals surface area contributed by atoms with E-state index >= 15 is 0 Å². The number of tetrazole rings is 1. The first kappa shape index (κ1) is 13.0. The van der Waals surface area contributed by atoms with Crippen molar-refractivity contribution < 1.29 is 4.79 Å². The summed E-state index contributed by atoms with van der Waals surface area (Å²) in [5.74, 6) is 0.125. The number of fused-ring (bicyclic) bond motifs is 1. The molecule has 1 aromatic carbocycles. The number of pyridine rings is 1. The lowest BCUT2D eigenvalue weighted by Crippen LogP contribution is -2.24. The molecular formula is C13H13N7O. The van der Waals surface area contributed by atoms with Gasteiger partial charge in [-0.1, -0.05) is 23.4 Å². The number of hydrogen-bond donors (Lipinski definition) is 3. The highest BCUT2D eigenvalue weighted by atomic mass is 16.1. The molecule has 106 valence electrons. The van der Waals surface area contributed by atoms with Crippen LogP contribution in [0.25, 0.3) is 10.9 Å². The van der Waals surface area contributed by atoms with Crippen molar-refractivity contribution in [3.63, 3.8) is 0 Å². The van der Waals surface area contributed by atoms with Gasteiger partial charge in [-0.3, -0.25) is 4.79 Å². The topological polar surface area (TPSA) is 108 Å². The van der Waals surface area contributed by atoms with Gasteiger partial charge < -0.3 is 10.6 Å². The first-order chi connectivity index (χ1) is 10.3. The van der Waals surface area contributed by atoms with Crippen molar-refractivity contribution >= 4 is 22.5 Å². The fraction of sp³-hybridized carbons (Fsp3) is 0.154. The summed E-state index contributed by atoms with van der Waals surface area (Å²) >= 11 is 0. The Morgan fingerprint density at radius 3 is 2.95 bits per heavy atom. The molecule has 0 bridgehead atoms. The molecule has 0 saturated heterocycles. The summed E-state index contributed by atoms with van der Waals surface area (Å²) in [7, 11) is 1.81. The van der Waals surface area contributed by atoms with Crippen molar-refractivity contribution in [2.75, 3.05) is 12.4 Å². The zero-order chi connectivity index (χ0) is 14.7. The Morgan fingerprint density at radius 2 is 2.19 bits per heavy atom. The van der Waals surface area contributed by atoms with E-state index in [1.54, 1.807) is 6.07 Å². The molecule has 8 heteroatoms. The maximum atomic E-state index is 12.2. The number of para-hydroxylation sites is 1. The van der Waals surface area contributed by atoms with Crippen LogP contribution >= 0.6 is 0 Å². The molecule has 21 heavy (non-hydrogen) atoms. The SMILES string of the molecule is CNc1cc(C(=O)NCc2nn[nH]n2)nc2ccccc12. The molecule has 0 unspecified atom stereocenters. The highest BCUT2D eigenvalue weighted by Gasteiger charge is 2.12. The van der Waals surface area contributed by atoms with Gasteiger partial charge in [0.1, 0.15) is 5.69 Å². The monoisotopic (exact) mass is 283 g/mol. The molecule has 0 radical (unpaired) electrons. The van der Waals surface area contributed by atoms with Crippen molar-refractivity contribution in [3.05, 3.63) is 41.9 Å². The van der Waals surface area contributed by atoms with Gasteiger partial charge in [0.25, 0.3) is 5.91 Å². The third-order valence-electron chi connectivity index (χ3n) is 3.01. The molecule has 3 aromatic rings. The molecule has 1 amide bonds. The van der Waals surface area contributed by atoms with Crippen LogP contribution in [0.4, 0.5) is 5.69 Å². The van der Waals surface area contributed by atoms with E-state index in [-0.39, 0.29) is 12.5 Å². The van der Waals surface area contributed by atoms with Crippen LogP contribution < -0.4 is 10.6 Å². The van der Waals surface area contributed by atoms with Crippen molar-refractivity contribution in [2.45, 2.75) is 6.54 Å². The Hall–Kier alpha value is -3.03. The Kier molecular flexibility index (Phi) is 3.42. The number of aromatic nitrogens is 5. The average Bonchev–Trinajstić information content (AvgIpc) is 3.04. The molecule has 8 nitrogen and oxygen atoms in total. The predicted molar refractivity (Wildman–Crippen MR) is 76.6 cm³/mol. The maximum absolute atomic E-state index is 12.2. The molecule has 0 aliphatic carbocycles. The maximum Gasteiger partial charge on any atom is 0.270 e. The van der Waals surface area contributed by atoms with Gasteiger partial charge in [0.15, 0.2) is 5.82 Å². The second-order valence-corrected chi connectivity index (χ2v) is 4.33. The van der Waals surface area contributed by atoms with Gasteiger partial charge in [-0.2, -0.15) is 5.21 Å². The van der Waals surface area contributed by atoms with Gasteiger partial charge in [0.05, 0.1) is 12.1 Å². The highest BCUT2D eigenvalue weighted by Crippen LogP contribution is 2.22. The smallest absolute Gasteiger partial charge is 0.270 e. The molecule has 0 atom stereocenters. The van der Waals surface area contributed by atoms with E-state index in [2.05, 4.69) is 36.2 Å². The van der Waals surface area contributed by atoms with Crippen LogP contribution in [0.3, 0.4) is 0 Å². The van der Waals surface area contributed by atoms with Gasteiger partial charge in [0, 0.05) is 18.1 Å². The zero-order valence-electron chi connectivity index (χ0n) is 11.3. The van der Waals surface area contributed by atoms with E-state index in [0.717, 1.165) is 16.6 Å². The molecule has 0 fully saturated rings. The number of hydrogen-bond acceptors (Lipinski definition) is 6. The Bertz CT molecular complexity index is 769. The molecule has 2 aromatic heterocycles. The van der Waals surface area contributed by atoms with E-state index < -0.39 is 0 Å². The third kappa shape index (κ3) is 2.64. The molecule has 0 spiro atoms. The number of carbonyl (C=O) groups is 1. The summed E-state index contributed by atoms with van der Waals surface area (Å²) in [6, 6.07) is 9.35. The summed E-state index contributed by atoms with van der Waals surface area (Å²) in [6.07, 6.45) is 0. The molecule has 0 aliphatic heterocycles. The number of aromatic amines is 1. The Balaban J connectivity index is 1.87. The zero-order valence-corrected chi connectivity index (χ0v) is 11.3. The van der Waals surface area contributed by atoms with Crippen LogP contribution in [-0.2, 0) is 6.54 Å². The number of anilines is 1. The molecule has 3 rings (SSSR count). The van der Waals surface area contributed by atoms with Crippen molar-refractivity contribution in [1.29, 1.82) is 0 Å². The summed E-state index contributed by atoms with van der Waals surface area (Å²) in [6.45, 7) is 0.193. The van der Waals surface area contributed by atoms with Crippen LogP contribution in [0.2, 0.25) is 0 Å². The normalized spacial score (nSPS) is 10.5. The van der Waals surface area contributed by atoms with Gasteiger partial charge in [-0.25, -0.2) is 4.98 Å². The molecule has 0 saturated carbocycles. The minimum Gasteiger partial charge on any atom is -0.388 e. The van der Waals surface area contributed by atoms with E-state index in [9.17, 15) is 4.79 Å². The van der Waals surface area contributed by atoms with Gasteiger partial charge >= 0.3 is 0 Å². The van der Waals surface area contributed by atoms with E-state index in [0.29, 0.717) is 11.5 Å². The number of carbonyl (C=O) groups excluding carboxylic acids is 1. The first-order valence-electron chi connectivity index (χ1n) is 6.36. The molecule has 3 N–H and O–H groups in total. The average molecular weight is 283 g/mol. The molecule has 2 heterocycles. The summed E-state index contributed by atoms with van der Waals surface area (Å²) < 4.78 is 0. The number of rotatable bonds is 4. The largest absolute Gasteiger partial charge is 0.388 e. The lowest BCUT2D eigenvalue weighted by atomic mass is 10.1. The number of nitrogens with one attached hydrogen (secondary N) is 3. The highest BCUT2D eigenvalue weighted by molar-refractivity contribution is 5.99. The van der Waals surface area contributed by atoms with Crippen LogP contribution in [0.15, 0.2) is 30.3 Å². The fourth-order valence-electron chi connectivity index (χ4n) is 2.01. The minimum absolute atomic E-state index is 0.193.